The van der Waals surface area contributed by atoms with Crippen LogP contribution in [0.2, 0.25) is 5.02 Å². The van der Waals surface area contributed by atoms with Crippen LogP contribution in [0.15, 0.2) is 41.7 Å². The fraction of sp³-hybridized carbons (Fsp3) is 0.409. The lowest BCUT2D eigenvalue weighted by Crippen LogP contribution is -2.59. The second-order valence-corrected chi connectivity index (χ2v) is 13.0. The molecule has 3 aromatic rings. The van der Waals surface area contributed by atoms with E-state index in [1.807, 2.05) is 35.0 Å². The van der Waals surface area contributed by atoms with E-state index in [0.29, 0.717) is 9.90 Å². The molecule has 4 heterocycles. The first-order valence-electron chi connectivity index (χ1n) is 10.3. The maximum atomic E-state index is 13.0. The Labute approximate surface area is 201 Å². The number of sulfone groups is 1. The average molecular weight is 509 g/mol. The first-order valence-corrected chi connectivity index (χ1v) is 13.2. The predicted octanol–water partition coefficient (Wildman–Crippen LogP) is 4.67. The number of aliphatic imine (C=N–C) groups is 1. The number of hydrogen-bond acceptors (Lipinski definition) is 6. The van der Waals surface area contributed by atoms with Gasteiger partial charge in [-0.3, -0.25) is 0 Å². The number of ether oxygens (including phenoxy) is 1. The van der Waals surface area contributed by atoms with E-state index < -0.39 is 32.3 Å². The minimum Gasteiger partial charge on any atom is -0.442 e. The Morgan fingerprint density at radius 2 is 2.12 bits per heavy atom. The lowest BCUT2D eigenvalue weighted by Gasteiger charge is -2.38. The number of halogens is 1. The molecule has 3 aromatic heterocycles. The Kier molecular flexibility index (Phi) is 5.83. The van der Waals surface area contributed by atoms with Gasteiger partial charge in [-0.25, -0.2) is 18.2 Å². The van der Waals surface area contributed by atoms with Crippen LogP contribution in [0.1, 0.15) is 39.5 Å². The van der Waals surface area contributed by atoms with E-state index in [-0.39, 0.29) is 11.6 Å². The highest BCUT2D eigenvalue weighted by atomic mass is 35.5. The number of pyridine rings is 1. The van der Waals surface area contributed by atoms with E-state index in [4.69, 9.17) is 16.3 Å². The smallest absolute Gasteiger partial charge is 0.435 e. The van der Waals surface area contributed by atoms with Gasteiger partial charge in [-0.1, -0.05) is 17.7 Å². The van der Waals surface area contributed by atoms with Gasteiger partial charge in [0.05, 0.1) is 31.8 Å². The molecule has 0 radical (unpaired) electrons. The molecule has 1 N–H and O–H groups in total. The van der Waals surface area contributed by atoms with Crippen molar-refractivity contribution in [2.75, 3.05) is 5.75 Å². The van der Waals surface area contributed by atoms with Gasteiger partial charge in [0.1, 0.15) is 22.3 Å². The fourth-order valence-electron chi connectivity index (χ4n) is 3.67. The second kappa shape index (κ2) is 8.11. The summed E-state index contributed by atoms with van der Waals surface area (Å²) in [5.74, 6) is -0.156. The molecular formula is C22H25ClN4O4S2. The Morgan fingerprint density at radius 3 is 2.79 bits per heavy atom. The molecule has 1 unspecified atom stereocenters. The normalized spacial score (nSPS) is 24.1. The summed E-state index contributed by atoms with van der Waals surface area (Å²) in [4.78, 5) is 22.3. The number of nitrogens with one attached hydrogen (secondary N) is 1. The zero-order chi connectivity index (χ0) is 24.2. The third-order valence-electron chi connectivity index (χ3n) is 5.23. The molecule has 1 saturated heterocycles. The Bertz CT molecular complexity index is 1340. The molecule has 0 aliphatic carbocycles. The largest absolute Gasteiger partial charge is 0.442 e. The minimum absolute atomic E-state index is 0.0387. The topological polar surface area (TPSA) is 102 Å². The molecule has 0 aromatic carbocycles. The minimum atomic E-state index is -3.62. The lowest BCUT2D eigenvalue weighted by molar-refractivity contribution is 0.0603. The summed E-state index contributed by atoms with van der Waals surface area (Å²) >= 11 is 7.96. The van der Waals surface area contributed by atoms with Gasteiger partial charge < -0.3 is 14.5 Å². The number of rotatable bonds is 2. The molecule has 1 amide bonds. The van der Waals surface area contributed by atoms with Crippen LogP contribution in [0, 0.1) is 0 Å². The molecule has 0 saturated carbocycles. The number of amidine groups is 1. The van der Waals surface area contributed by atoms with Gasteiger partial charge >= 0.3 is 6.09 Å². The van der Waals surface area contributed by atoms with Gasteiger partial charge in [-0.15, -0.1) is 11.3 Å². The molecule has 176 valence electrons. The summed E-state index contributed by atoms with van der Waals surface area (Å²) in [5.41, 5.74) is -0.298. The van der Waals surface area contributed by atoms with Crippen molar-refractivity contribution in [3.05, 3.63) is 46.6 Å². The van der Waals surface area contributed by atoms with E-state index in [1.54, 1.807) is 33.8 Å². The van der Waals surface area contributed by atoms with Crippen molar-refractivity contribution in [1.82, 2.24) is 14.7 Å². The van der Waals surface area contributed by atoms with Gasteiger partial charge in [0.25, 0.3) is 0 Å². The van der Waals surface area contributed by atoms with E-state index in [1.165, 1.54) is 18.3 Å². The molecule has 2 atom stereocenters. The van der Waals surface area contributed by atoms with E-state index >= 15 is 0 Å². The lowest BCUT2D eigenvalue weighted by atomic mass is 10.0. The third-order valence-corrected chi connectivity index (χ3v) is 9.34. The van der Waals surface area contributed by atoms with E-state index in [9.17, 15) is 13.2 Å². The number of aromatic nitrogens is 2. The van der Waals surface area contributed by atoms with Crippen molar-refractivity contribution in [3.63, 3.8) is 0 Å². The highest BCUT2D eigenvalue weighted by Crippen LogP contribution is 2.42. The van der Waals surface area contributed by atoms with Crippen LogP contribution >= 0.6 is 22.9 Å². The summed E-state index contributed by atoms with van der Waals surface area (Å²) in [6, 6.07) is 7.50. The van der Waals surface area contributed by atoms with E-state index in [2.05, 4.69) is 15.3 Å². The number of amides is 1. The van der Waals surface area contributed by atoms with Crippen molar-refractivity contribution in [2.24, 2.45) is 4.99 Å². The standard InChI is InChI=1S/C22H25ClN4O4S2/c1-13-19(25-20(28)31-21(2,3)4)26-22(5,12-33(13,29)30)18-14(23)10-16(32-18)15-11-27-9-7-6-8-17(27)24-15/h6-11,13H,12H2,1-5H3,(H,25,26,28)/t13?,22-/m0/s1. The monoisotopic (exact) mass is 508 g/mol. The van der Waals surface area contributed by atoms with Gasteiger partial charge in [0.15, 0.2) is 9.84 Å². The molecule has 1 aliphatic rings. The molecule has 4 rings (SSSR count). The quantitative estimate of drug-likeness (QED) is 0.539. The van der Waals surface area contributed by atoms with Crippen molar-refractivity contribution < 1.29 is 17.9 Å². The van der Waals surface area contributed by atoms with Crippen LogP contribution in [-0.2, 0) is 20.1 Å². The van der Waals surface area contributed by atoms with Crippen LogP contribution in [0.3, 0.4) is 0 Å². The molecule has 11 heteroatoms. The molecule has 0 bridgehead atoms. The van der Waals surface area contributed by atoms with Gasteiger partial charge in [-0.2, -0.15) is 4.99 Å². The number of hydrogen-bond donors (Lipinski definition) is 1. The van der Waals surface area contributed by atoms with Gasteiger partial charge in [0, 0.05) is 12.4 Å². The summed E-state index contributed by atoms with van der Waals surface area (Å²) in [7, 11) is -3.62. The fourth-order valence-corrected chi connectivity index (χ4v) is 7.08. The number of carbonyl (C=O) groups excluding carboxylic acids is 1. The number of nitrogens with zero attached hydrogens (tertiary/aromatic N) is 3. The first kappa shape index (κ1) is 23.7. The van der Waals surface area contributed by atoms with Gasteiger partial charge in [0.2, 0.25) is 0 Å². The van der Waals surface area contributed by atoms with Crippen LogP contribution in [-0.4, -0.2) is 46.3 Å². The Balaban J connectivity index is 1.72. The van der Waals surface area contributed by atoms with Gasteiger partial charge in [-0.05, 0) is 52.8 Å². The SMILES string of the molecule is CC1/C(=N\C(=O)OC(C)(C)C)N[C@](C)(c2sc(-c3cn4ccccc4n3)cc2Cl)CS1(=O)=O. The highest BCUT2D eigenvalue weighted by Gasteiger charge is 2.46. The van der Waals surface area contributed by atoms with Crippen molar-refractivity contribution in [3.8, 4) is 10.6 Å². The molecule has 1 aliphatic heterocycles. The third kappa shape index (κ3) is 4.78. The average Bonchev–Trinajstić information content (AvgIpc) is 3.27. The molecular weight excluding hydrogens is 484 g/mol. The molecule has 33 heavy (non-hydrogen) atoms. The van der Waals surface area contributed by atoms with E-state index in [0.717, 1.165) is 16.2 Å². The van der Waals surface area contributed by atoms with Crippen molar-refractivity contribution >= 4 is 50.4 Å². The van der Waals surface area contributed by atoms with Crippen LogP contribution in [0.25, 0.3) is 16.2 Å². The highest BCUT2D eigenvalue weighted by molar-refractivity contribution is 7.92. The zero-order valence-electron chi connectivity index (χ0n) is 18.9. The molecule has 8 nitrogen and oxygen atoms in total. The number of thiophene rings is 1. The Hall–Kier alpha value is -2.43. The summed E-state index contributed by atoms with van der Waals surface area (Å²) in [6.07, 6.45) is 2.95. The number of fused-ring (bicyclic) bond motifs is 1. The Morgan fingerprint density at radius 1 is 1.39 bits per heavy atom. The zero-order valence-corrected chi connectivity index (χ0v) is 21.3. The maximum absolute atomic E-state index is 13.0. The summed E-state index contributed by atoms with van der Waals surface area (Å²) in [5, 5.41) is 2.61. The van der Waals surface area contributed by atoms with Crippen LogP contribution < -0.4 is 5.32 Å². The second-order valence-electron chi connectivity index (χ2n) is 9.26. The number of carbonyl (C=O) groups is 1. The van der Waals surface area contributed by atoms with Crippen LogP contribution in [0.4, 0.5) is 4.79 Å². The predicted molar refractivity (Wildman–Crippen MR) is 131 cm³/mol. The van der Waals surface area contributed by atoms with Crippen molar-refractivity contribution in [1.29, 1.82) is 0 Å². The maximum Gasteiger partial charge on any atom is 0.435 e. The van der Waals surface area contributed by atoms with Crippen LogP contribution in [0.5, 0.6) is 0 Å². The first-order chi connectivity index (χ1) is 15.3. The summed E-state index contributed by atoms with van der Waals surface area (Å²) < 4.78 is 33.2. The number of imidazole rings is 1. The summed E-state index contributed by atoms with van der Waals surface area (Å²) in [6.45, 7) is 8.40. The van der Waals surface area contributed by atoms with Crippen molar-refractivity contribution in [2.45, 2.75) is 51.0 Å². The molecule has 1 fully saturated rings. The molecule has 0 spiro atoms.